The van der Waals surface area contributed by atoms with Gasteiger partial charge < -0.3 is 14.5 Å². The Bertz CT molecular complexity index is 1020. The number of amides is 1. The van der Waals surface area contributed by atoms with Crippen molar-refractivity contribution in [2.24, 2.45) is 0 Å². The van der Waals surface area contributed by atoms with Crippen LogP contribution in [0.2, 0.25) is 0 Å². The molecule has 2 aromatic carbocycles. The zero-order valence-corrected chi connectivity index (χ0v) is 16.5. The van der Waals surface area contributed by atoms with Crippen LogP contribution in [0.1, 0.15) is 35.2 Å². The van der Waals surface area contributed by atoms with Crippen LogP contribution in [0.5, 0.6) is 5.75 Å². The van der Waals surface area contributed by atoms with Gasteiger partial charge in [-0.15, -0.1) is 13.2 Å². The molecule has 0 unspecified atom stereocenters. The summed E-state index contributed by atoms with van der Waals surface area (Å²) in [4.78, 5) is 27.7. The van der Waals surface area contributed by atoms with E-state index in [1.807, 2.05) is 4.90 Å². The number of nitro groups is 1. The van der Waals surface area contributed by atoms with Crippen molar-refractivity contribution < 1.29 is 27.6 Å². The molecule has 7 nitrogen and oxygen atoms in total. The van der Waals surface area contributed by atoms with Crippen molar-refractivity contribution in [2.75, 3.05) is 29.4 Å². The number of fused-ring (bicyclic) bond motifs is 1. The van der Waals surface area contributed by atoms with Crippen molar-refractivity contribution in [3.63, 3.8) is 0 Å². The van der Waals surface area contributed by atoms with Crippen LogP contribution in [0, 0.1) is 10.1 Å². The Morgan fingerprint density at radius 3 is 2.39 bits per heavy atom. The summed E-state index contributed by atoms with van der Waals surface area (Å²) in [5, 5.41) is 11.6. The highest BCUT2D eigenvalue weighted by Gasteiger charge is 2.32. The van der Waals surface area contributed by atoms with E-state index in [2.05, 4.69) is 4.74 Å². The van der Waals surface area contributed by atoms with Crippen molar-refractivity contribution >= 4 is 23.0 Å². The molecule has 0 aliphatic carbocycles. The zero-order chi connectivity index (χ0) is 22.2. The molecule has 31 heavy (non-hydrogen) atoms. The number of hydrogen-bond acceptors (Lipinski definition) is 5. The molecule has 2 aromatic rings. The molecule has 0 radical (unpaired) electrons. The van der Waals surface area contributed by atoms with Crippen molar-refractivity contribution in [3.8, 4) is 5.75 Å². The van der Waals surface area contributed by atoms with E-state index in [9.17, 15) is 28.1 Å². The molecule has 1 fully saturated rings. The molecular weight excluding hydrogens is 415 g/mol. The van der Waals surface area contributed by atoms with E-state index in [0.717, 1.165) is 32.0 Å². The van der Waals surface area contributed by atoms with Crippen LogP contribution >= 0.6 is 0 Å². The van der Waals surface area contributed by atoms with Crippen molar-refractivity contribution in [3.05, 3.63) is 57.6 Å². The molecule has 0 N–H and O–H groups in total. The molecule has 2 heterocycles. The van der Waals surface area contributed by atoms with E-state index in [0.29, 0.717) is 36.3 Å². The first-order valence-electron chi connectivity index (χ1n) is 9.97. The molecule has 0 aromatic heterocycles. The average molecular weight is 435 g/mol. The summed E-state index contributed by atoms with van der Waals surface area (Å²) in [5.74, 6) is -0.771. The SMILES string of the molecule is O=C(c1ccc(N2CCCC2)c([N+](=O)[O-])c1)N1CCCc2cc(OC(F)(F)F)ccc21. The molecule has 10 heteroatoms. The van der Waals surface area contributed by atoms with Crippen LogP contribution in [-0.4, -0.2) is 36.8 Å². The maximum atomic E-state index is 13.2. The van der Waals surface area contributed by atoms with Crippen molar-refractivity contribution in [1.82, 2.24) is 0 Å². The molecule has 2 aliphatic heterocycles. The third-order valence-corrected chi connectivity index (χ3v) is 5.51. The number of hydrogen-bond donors (Lipinski definition) is 0. The predicted octanol–water partition coefficient (Wildman–Crippen LogP) is 4.69. The Morgan fingerprint density at radius 2 is 1.71 bits per heavy atom. The zero-order valence-electron chi connectivity index (χ0n) is 16.5. The molecule has 2 aliphatic rings. The summed E-state index contributed by atoms with van der Waals surface area (Å²) < 4.78 is 41.5. The number of alkyl halides is 3. The van der Waals surface area contributed by atoms with Crippen molar-refractivity contribution in [2.45, 2.75) is 32.0 Å². The van der Waals surface area contributed by atoms with Gasteiger partial charge in [0.05, 0.1) is 4.92 Å². The van der Waals surface area contributed by atoms with Crippen LogP contribution in [0.15, 0.2) is 36.4 Å². The molecule has 4 rings (SSSR count). The second-order valence-corrected chi connectivity index (χ2v) is 7.55. The first-order chi connectivity index (χ1) is 14.7. The van der Waals surface area contributed by atoms with Gasteiger partial charge in [0.25, 0.3) is 11.6 Å². The van der Waals surface area contributed by atoms with E-state index in [1.54, 1.807) is 12.1 Å². The van der Waals surface area contributed by atoms with E-state index in [-0.39, 0.29) is 17.0 Å². The smallest absolute Gasteiger partial charge is 0.406 e. The molecule has 1 saturated heterocycles. The fraction of sp³-hybridized carbons (Fsp3) is 0.381. The molecule has 0 bridgehead atoms. The lowest BCUT2D eigenvalue weighted by Crippen LogP contribution is -2.35. The quantitative estimate of drug-likeness (QED) is 0.515. The maximum absolute atomic E-state index is 13.2. The molecular formula is C21H20F3N3O4. The van der Waals surface area contributed by atoms with Gasteiger partial charge in [0.2, 0.25) is 0 Å². The first-order valence-corrected chi connectivity index (χ1v) is 9.97. The van der Waals surface area contributed by atoms with E-state index < -0.39 is 17.2 Å². The number of rotatable bonds is 4. The number of nitro benzene ring substituents is 1. The minimum atomic E-state index is -4.80. The second-order valence-electron chi connectivity index (χ2n) is 7.55. The Hall–Kier alpha value is -3.30. The Labute approximate surface area is 176 Å². The van der Waals surface area contributed by atoms with Crippen LogP contribution in [0.25, 0.3) is 0 Å². The number of anilines is 2. The fourth-order valence-electron chi connectivity index (χ4n) is 4.17. The molecule has 0 atom stereocenters. The van der Waals surface area contributed by atoms with Gasteiger partial charge in [-0.2, -0.15) is 0 Å². The summed E-state index contributed by atoms with van der Waals surface area (Å²) in [5.41, 5.74) is 1.57. The summed E-state index contributed by atoms with van der Waals surface area (Å²) in [6.45, 7) is 1.83. The first kappa shape index (κ1) is 21.0. The number of carbonyl (C=O) groups is 1. The van der Waals surface area contributed by atoms with Gasteiger partial charge in [0.15, 0.2) is 0 Å². The van der Waals surface area contributed by atoms with Gasteiger partial charge in [-0.05, 0) is 61.6 Å². The van der Waals surface area contributed by atoms with Crippen LogP contribution < -0.4 is 14.5 Å². The molecule has 0 spiro atoms. The van der Waals surface area contributed by atoms with Gasteiger partial charge in [-0.1, -0.05) is 0 Å². The average Bonchev–Trinajstić information content (AvgIpc) is 3.25. The predicted molar refractivity (Wildman–Crippen MR) is 108 cm³/mol. The molecule has 1 amide bonds. The lowest BCUT2D eigenvalue weighted by atomic mass is 10.00. The monoisotopic (exact) mass is 435 g/mol. The van der Waals surface area contributed by atoms with E-state index >= 15 is 0 Å². The largest absolute Gasteiger partial charge is 0.573 e. The lowest BCUT2D eigenvalue weighted by Gasteiger charge is -2.30. The number of ether oxygens (including phenoxy) is 1. The Kier molecular flexibility index (Phi) is 5.47. The molecule has 0 saturated carbocycles. The third-order valence-electron chi connectivity index (χ3n) is 5.51. The molecule has 164 valence electrons. The van der Waals surface area contributed by atoms with Gasteiger partial charge in [0, 0.05) is 37.0 Å². The van der Waals surface area contributed by atoms with E-state index in [4.69, 9.17) is 0 Å². The minimum absolute atomic E-state index is 0.126. The summed E-state index contributed by atoms with van der Waals surface area (Å²) in [6.07, 6.45) is -1.82. The number of carbonyl (C=O) groups excluding carboxylic acids is 1. The third kappa shape index (κ3) is 4.42. The highest BCUT2D eigenvalue weighted by Crippen LogP contribution is 2.35. The van der Waals surface area contributed by atoms with Gasteiger partial charge in [-0.3, -0.25) is 14.9 Å². The van der Waals surface area contributed by atoms with Crippen molar-refractivity contribution in [1.29, 1.82) is 0 Å². The fourth-order valence-corrected chi connectivity index (χ4v) is 4.17. The normalized spacial score (nSPS) is 16.2. The lowest BCUT2D eigenvalue weighted by molar-refractivity contribution is -0.384. The number of benzene rings is 2. The highest BCUT2D eigenvalue weighted by molar-refractivity contribution is 6.07. The Morgan fingerprint density at radius 1 is 1.00 bits per heavy atom. The maximum Gasteiger partial charge on any atom is 0.573 e. The number of halogens is 3. The highest BCUT2D eigenvalue weighted by atomic mass is 19.4. The minimum Gasteiger partial charge on any atom is -0.406 e. The topological polar surface area (TPSA) is 75.9 Å². The van der Waals surface area contributed by atoms with Crippen LogP contribution in [-0.2, 0) is 6.42 Å². The standard InChI is InChI=1S/C21H20F3N3O4/c22-21(23,24)31-16-6-8-17-14(12-16)4-3-11-26(17)20(28)15-5-7-18(19(13-15)27(29)30)25-9-1-2-10-25/h5-8,12-13H,1-4,9-11H2. The van der Waals surface area contributed by atoms with Crippen LogP contribution in [0.4, 0.5) is 30.2 Å². The summed E-state index contributed by atoms with van der Waals surface area (Å²) in [6, 6.07) is 8.31. The number of aryl methyl sites for hydroxylation is 1. The van der Waals surface area contributed by atoms with E-state index in [1.165, 1.54) is 23.1 Å². The summed E-state index contributed by atoms with van der Waals surface area (Å²) >= 11 is 0. The van der Waals surface area contributed by atoms with Gasteiger partial charge in [0.1, 0.15) is 11.4 Å². The Balaban J connectivity index is 1.63. The van der Waals surface area contributed by atoms with Gasteiger partial charge >= 0.3 is 6.36 Å². The summed E-state index contributed by atoms with van der Waals surface area (Å²) in [7, 11) is 0. The number of nitrogens with zero attached hydrogens (tertiary/aromatic N) is 3. The van der Waals surface area contributed by atoms with Crippen LogP contribution in [0.3, 0.4) is 0 Å². The van der Waals surface area contributed by atoms with Gasteiger partial charge in [-0.25, -0.2) is 0 Å². The second kappa shape index (κ2) is 8.09.